The summed E-state index contributed by atoms with van der Waals surface area (Å²) in [7, 11) is 1.81. The van der Waals surface area contributed by atoms with Crippen molar-refractivity contribution < 1.29 is 13.2 Å². The number of halogens is 3. The Labute approximate surface area is 96.7 Å². The van der Waals surface area contributed by atoms with Gasteiger partial charge in [0.25, 0.3) is 0 Å². The molecule has 90 valence electrons. The van der Waals surface area contributed by atoms with Gasteiger partial charge in [0, 0.05) is 10.9 Å². The van der Waals surface area contributed by atoms with Crippen molar-refractivity contribution in [1.82, 2.24) is 5.32 Å². The van der Waals surface area contributed by atoms with Crippen LogP contribution in [0.1, 0.15) is 27.3 Å². The maximum Gasteiger partial charge on any atom is 0.425 e. The second-order valence-corrected chi connectivity index (χ2v) is 5.40. The quantitative estimate of drug-likeness (QED) is 0.806. The molecular formula is C11H14F3NS. The van der Waals surface area contributed by atoms with Crippen molar-refractivity contribution in [2.45, 2.75) is 38.4 Å². The van der Waals surface area contributed by atoms with Gasteiger partial charge in [-0.15, -0.1) is 11.3 Å². The molecule has 1 aromatic rings. The summed E-state index contributed by atoms with van der Waals surface area (Å²) < 4.78 is 38.4. The first-order valence-electron chi connectivity index (χ1n) is 5.29. The Kier molecular flexibility index (Phi) is 3.01. The Bertz CT molecular complexity index is 395. The SMILES string of the molecule is CNC1CCc2c(C)sc(C(F)(F)F)c2C1. The van der Waals surface area contributed by atoms with Crippen LogP contribution < -0.4 is 5.32 Å². The van der Waals surface area contributed by atoms with Crippen molar-refractivity contribution in [2.24, 2.45) is 0 Å². The molecule has 1 nitrogen and oxygen atoms in total. The Morgan fingerprint density at radius 3 is 2.56 bits per heavy atom. The molecule has 0 bridgehead atoms. The summed E-state index contributed by atoms with van der Waals surface area (Å²) in [6, 6.07) is 0.183. The highest BCUT2D eigenvalue weighted by atomic mass is 32.1. The number of nitrogens with one attached hydrogen (secondary N) is 1. The van der Waals surface area contributed by atoms with Crippen molar-refractivity contribution in [1.29, 1.82) is 0 Å². The van der Waals surface area contributed by atoms with E-state index in [2.05, 4.69) is 5.32 Å². The molecule has 1 aliphatic rings. The molecule has 0 spiro atoms. The first-order chi connectivity index (χ1) is 7.43. The van der Waals surface area contributed by atoms with E-state index in [4.69, 9.17) is 0 Å². The Hall–Kier alpha value is -0.550. The van der Waals surface area contributed by atoms with Crippen molar-refractivity contribution in [3.63, 3.8) is 0 Å². The van der Waals surface area contributed by atoms with Crippen LogP contribution in [0.15, 0.2) is 0 Å². The van der Waals surface area contributed by atoms with Gasteiger partial charge in [-0.3, -0.25) is 0 Å². The second kappa shape index (κ2) is 4.04. The average molecular weight is 249 g/mol. The van der Waals surface area contributed by atoms with Gasteiger partial charge in [0.05, 0.1) is 0 Å². The van der Waals surface area contributed by atoms with Crippen LogP contribution in [0.2, 0.25) is 0 Å². The number of thiophene rings is 1. The van der Waals surface area contributed by atoms with Gasteiger partial charge < -0.3 is 5.32 Å². The van der Waals surface area contributed by atoms with Crippen molar-refractivity contribution in [2.75, 3.05) is 7.05 Å². The Morgan fingerprint density at radius 1 is 1.31 bits per heavy atom. The number of likely N-dealkylation sites (N-methyl/N-ethyl adjacent to an activating group) is 1. The minimum Gasteiger partial charge on any atom is -0.317 e. The molecule has 1 aromatic heterocycles. The van der Waals surface area contributed by atoms with E-state index in [1.54, 1.807) is 6.92 Å². The third-order valence-corrected chi connectivity index (χ3v) is 4.41. The fourth-order valence-corrected chi connectivity index (χ4v) is 3.41. The average Bonchev–Trinajstić information content (AvgIpc) is 2.55. The van der Waals surface area contributed by atoms with Gasteiger partial charge in [-0.05, 0) is 44.4 Å². The van der Waals surface area contributed by atoms with E-state index in [0.29, 0.717) is 12.0 Å². The van der Waals surface area contributed by atoms with Crippen LogP contribution in [0.25, 0.3) is 0 Å². The van der Waals surface area contributed by atoms with E-state index in [9.17, 15) is 13.2 Å². The number of aryl methyl sites for hydroxylation is 1. The van der Waals surface area contributed by atoms with E-state index in [0.717, 1.165) is 34.6 Å². The lowest BCUT2D eigenvalue weighted by Gasteiger charge is -2.23. The van der Waals surface area contributed by atoms with E-state index in [1.165, 1.54) is 0 Å². The molecule has 2 rings (SSSR count). The standard InChI is InChI=1S/C11H14F3NS/c1-6-8-4-3-7(15-2)5-9(8)10(16-6)11(12,13)14/h7,15H,3-5H2,1-2H3. The lowest BCUT2D eigenvalue weighted by atomic mass is 9.88. The van der Waals surface area contributed by atoms with Crippen LogP contribution in [0.3, 0.4) is 0 Å². The monoisotopic (exact) mass is 249 g/mol. The number of hydrogen-bond acceptors (Lipinski definition) is 2. The molecule has 0 saturated heterocycles. The predicted molar refractivity (Wildman–Crippen MR) is 58.9 cm³/mol. The molecule has 0 amide bonds. The second-order valence-electron chi connectivity index (χ2n) is 4.17. The van der Waals surface area contributed by atoms with Crippen LogP contribution in [0, 0.1) is 6.92 Å². The predicted octanol–water partition coefficient (Wildman–Crippen LogP) is 3.15. The van der Waals surface area contributed by atoms with Crippen LogP contribution in [0.5, 0.6) is 0 Å². The minimum absolute atomic E-state index is 0.183. The summed E-state index contributed by atoms with van der Waals surface area (Å²) in [6.07, 6.45) is -2.00. The molecular weight excluding hydrogens is 235 g/mol. The summed E-state index contributed by atoms with van der Waals surface area (Å²) in [5.74, 6) is 0. The van der Waals surface area contributed by atoms with Crippen molar-refractivity contribution >= 4 is 11.3 Å². The van der Waals surface area contributed by atoms with Gasteiger partial charge in [0.15, 0.2) is 0 Å². The highest BCUT2D eigenvalue weighted by Crippen LogP contribution is 2.43. The highest BCUT2D eigenvalue weighted by Gasteiger charge is 2.38. The third kappa shape index (κ3) is 1.98. The number of hydrogen-bond donors (Lipinski definition) is 1. The van der Waals surface area contributed by atoms with Crippen LogP contribution in [0.4, 0.5) is 13.2 Å². The fourth-order valence-electron chi connectivity index (χ4n) is 2.31. The molecule has 1 heterocycles. The van der Waals surface area contributed by atoms with Crippen LogP contribution in [-0.2, 0) is 19.0 Å². The fraction of sp³-hybridized carbons (Fsp3) is 0.636. The molecule has 0 aliphatic heterocycles. The Morgan fingerprint density at radius 2 is 2.00 bits per heavy atom. The molecule has 0 aromatic carbocycles. The topological polar surface area (TPSA) is 12.0 Å². The first kappa shape index (κ1) is 11.9. The van der Waals surface area contributed by atoms with E-state index < -0.39 is 6.18 Å². The molecule has 1 N–H and O–H groups in total. The summed E-state index contributed by atoms with van der Waals surface area (Å²) in [6.45, 7) is 1.79. The molecule has 1 aliphatic carbocycles. The molecule has 5 heteroatoms. The lowest BCUT2D eigenvalue weighted by molar-refractivity contribution is -0.135. The van der Waals surface area contributed by atoms with Gasteiger partial charge in [-0.1, -0.05) is 0 Å². The van der Waals surface area contributed by atoms with Crippen molar-refractivity contribution in [3.8, 4) is 0 Å². The normalized spacial score (nSPS) is 20.9. The van der Waals surface area contributed by atoms with Gasteiger partial charge in [0.1, 0.15) is 4.88 Å². The smallest absolute Gasteiger partial charge is 0.317 e. The van der Waals surface area contributed by atoms with E-state index >= 15 is 0 Å². The van der Waals surface area contributed by atoms with Gasteiger partial charge in [0.2, 0.25) is 0 Å². The number of alkyl halides is 3. The minimum atomic E-state index is -4.20. The van der Waals surface area contributed by atoms with Gasteiger partial charge in [-0.25, -0.2) is 0 Å². The molecule has 0 fully saturated rings. The maximum atomic E-state index is 12.8. The summed E-state index contributed by atoms with van der Waals surface area (Å²) in [4.78, 5) is 0.442. The zero-order valence-corrected chi connectivity index (χ0v) is 10.1. The number of rotatable bonds is 1. The van der Waals surface area contributed by atoms with Crippen LogP contribution >= 0.6 is 11.3 Å². The number of fused-ring (bicyclic) bond motifs is 1. The maximum absolute atomic E-state index is 12.8. The molecule has 0 radical (unpaired) electrons. The van der Waals surface area contributed by atoms with Gasteiger partial charge >= 0.3 is 6.18 Å². The van der Waals surface area contributed by atoms with Crippen LogP contribution in [-0.4, -0.2) is 13.1 Å². The summed E-state index contributed by atoms with van der Waals surface area (Å²) in [5.41, 5.74) is 1.46. The van der Waals surface area contributed by atoms with E-state index in [1.807, 2.05) is 7.05 Å². The molecule has 1 atom stereocenters. The van der Waals surface area contributed by atoms with E-state index in [-0.39, 0.29) is 10.9 Å². The molecule has 16 heavy (non-hydrogen) atoms. The van der Waals surface area contributed by atoms with Gasteiger partial charge in [-0.2, -0.15) is 13.2 Å². The summed E-state index contributed by atoms with van der Waals surface area (Å²) in [5, 5.41) is 3.07. The molecule has 0 saturated carbocycles. The first-order valence-corrected chi connectivity index (χ1v) is 6.10. The zero-order valence-electron chi connectivity index (χ0n) is 9.24. The van der Waals surface area contributed by atoms with Crippen molar-refractivity contribution in [3.05, 3.63) is 20.9 Å². The Balaban J connectivity index is 2.43. The largest absolute Gasteiger partial charge is 0.425 e. The zero-order chi connectivity index (χ0) is 11.9. The molecule has 1 unspecified atom stereocenters. The summed E-state index contributed by atoms with van der Waals surface area (Å²) >= 11 is 0.897. The third-order valence-electron chi connectivity index (χ3n) is 3.18. The lowest BCUT2D eigenvalue weighted by Crippen LogP contribution is -2.32. The highest BCUT2D eigenvalue weighted by molar-refractivity contribution is 7.12.